The van der Waals surface area contributed by atoms with Crippen LogP contribution in [0.25, 0.3) is 0 Å². The lowest BCUT2D eigenvalue weighted by atomic mass is 9.66. The van der Waals surface area contributed by atoms with Crippen molar-refractivity contribution in [3.8, 4) is 0 Å². The minimum Gasteiger partial charge on any atom is -0.380 e. The average molecular weight is 160 g/mol. The SMILES string of the molecule is CC(C)(C)C1(CS)COC1. The van der Waals surface area contributed by atoms with Crippen LogP contribution in [0.2, 0.25) is 0 Å². The van der Waals surface area contributed by atoms with E-state index in [0.717, 1.165) is 19.0 Å². The summed E-state index contributed by atoms with van der Waals surface area (Å²) in [5.41, 5.74) is 0.684. The van der Waals surface area contributed by atoms with E-state index in [-0.39, 0.29) is 0 Å². The highest BCUT2D eigenvalue weighted by Crippen LogP contribution is 2.45. The molecule has 0 spiro atoms. The highest BCUT2D eigenvalue weighted by atomic mass is 32.1. The molecule has 1 aliphatic rings. The summed E-state index contributed by atoms with van der Waals surface area (Å²) in [6.45, 7) is 8.54. The Hall–Kier alpha value is 0.310. The van der Waals surface area contributed by atoms with Crippen LogP contribution in [0.15, 0.2) is 0 Å². The van der Waals surface area contributed by atoms with Gasteiger partial charge in [-0.1, -0.05) is 20.8 Å². The third-order valence-corrected chi connectivity index (χ3v) is 3.26. The van der Waals surface area contributed by atoms with Crippen LogP contribution in [-0.2, 0) is 4.74 Å². The summed E-state index contributed by atoms with van der Waals surface area (Å²) in [5.74, 6) is 0.941. The smallest absolute Gasteiger partial charge is 0.0557 e. The maximum absolute atomic E-state index is 5.21. The van der Waals surface area contributed by atoms with Crippen LogP contribution in [0.5, 0.6) is 0 Å². The van der Waals surface area contributed by atoms with E-state index in [1.54, 1.807) is 0 Å². The fourth-order valence-corrected chi connectivity index (χ4v) is 1.77. The highest BCUT2D eigenvalue weighted by Gasteiger charge is 2.46. The van der Waals surface area contributed by atoms with Gasteiger partial charge in [-0.3, -0.25) is 0 Å². The molecule has 1 saturated heterocycles. The van der Waals surface area contributed by atoms with Gasteiger partial charge in [0.1, 0.15) is 0 Å². The maximum Gasteiger partial charge on any atom is 0.0557 e. The van der Waals surface area contributed by atoms with Gasteiger partial charge in [0.05, 0.1) is 13.2 Å². The molecule has 0 unspecified atom stereocenters. The lowest BCUT2D eigenvalue weighted by Gasteiger charge is -2.50. The fourth-order valence-electron chi connectivity index (χ4n) is 1.11. The van der Waals surface area contributed by atoms with E-state index in [1.165, 1.54) is 0 Å². The molecule has 1 fully saturated rings. The van der Waals surface area contributed by atoms with Crippen molar-refractivity contribution >= 4 is 12.6 Å². The first kappa shape index (κ1) is 8.41. The van der Waals surface area contributed by atoms with E-state index >= 15 is 0 Å². The summed E-state index contributed by atoms with van der Waals surface area (Å²) in [7, 11) is 0. The van der Waals surface area contributed by atoms with Crippen LogP contribution in [0.1, 0.15) is 20.8 Å². The van der Waals surface area contributed by atoms with Gasteiger partial charge in [-0.25, -0.2) is 0 Å². The lowest BCUT2D eigenvalue weighted by Crippen LogP contribution is -2.53. The summed E-state index contributed by atoms with van der Waals surface area (Å²) >= 11 is 4.35. The zero-order valence-corrected chi connectivity index (χ0v) is 7.87. The normalized spacial score (nSPS) is 24.0. The zero-order valence-electron chi connectivity index (χ0n) is 6.98. The Labute approximate surface area is 68.6 Å². The van der Waals surface area contributed by atoms with Gasteiger partial charge in [-0.05, 0) is 5.41 Å². The lowest BCUT2D eigenvalue weighted by molar-refractivity contribution is -0.154. The van der Waals surface area contributed by atoms with Gasteiger partial charge in [-0.15, -0.1) is 0 Å². The minimum absolute atomic E-state index is 0.340. The van der Waals surface area contributed by atoms with Gasteiger partial charge in [0, 0.05) is 11.2 Å². The molecule has 1 rings (SSSR count). The van der Waals surface area contributed by atoms with Crippen LogP contribution >= 0.6 is 12.6 Å². The molecule has 0 aromatic carbocycles. The Bertz CT molecular complexity index is 116. The molecule has 2 heteroatoms. The van der Waals surface area contributed by atoms with Crippen LogP contribution < -0.4 is 0 Å². The van der Waals surface area contributed by atoms with Crippen LogP contribution in [0, 0.1) is 10.8 Å². The molecular weight excluding hydrogens is 144 g/mol. The molecule has 1 aliphatic heterocycles. The molecule has 1 nitrogen and oxygen atoms in total. The number of rotatable bonds is 1. The Morgan fingerprint density at radius 2 is 1.90 bits per heavy atom. The number of hydrogen-bond acceptors (Lipinski definition) is 2. The first-order chi connectivity index (χ1) is 4.52. The van der Waals surface area contributed by atoms with E-state index in [9.17, 15) is 0 Å². The standard InChI is InChI=1S/C8H16OS/c1-7(2,3)8(6-10)4-9-5-8/h10H,4-6H2,1-3H3. The molecule has 0 radical (unpaired) electrons. The first-order valence-corrected chi connectivity index (χ1v) is 4.34. The number of hydrogen-bond donors (Lipinski definition) is 1. The maximum atomic E-state index is 5.21. The van der Waals surface area contributed by atoms with Crippen molar-refractivity contribution in [2.24, 2.45) is 10.8 Å². The van der Waals surface area contributed by atoms with E-state index in [0.29, 0.717) is 10.8 Å². The predicted molar refractivity (Wildman–Crippen MR) is 46.6 cm³/mol. The Morgan fingerprint density at radius 1 is 1.40 bits per heavy atom. The first-order valence-electron chi connectivity index (χ1n) is 3.70. The molecule has 0 N–H and O–H groups in total. The van der Waals surface area contributed by atoms with E-state index in [4.69, 9.17) is 4.74 Å². The molecule has 0 amide bonds. The monoisotopic (exact) mass is 160 g/mol. The zero-order chi connectivity index (χ0) is 7.83. The molecule has 0 atom stereocenters. The molecular formula is C8H16OS. The van der Waals surface area contributed by atoms with Gasteiger partial charge < -0.3 is 4.74 Å². The summed E-state index contributed by atoms with van der Waals surface area (Å²) in [5, 5.41) is 0. The number of thiol groups is 1. The predicted octanol–water partition coefficient (Wildman–Crippen LogP) is 1.98. The van der Waals surface area contributed by atoms with Gasteiger partial charge >= 0.3 is 0 Å². The van der Waals surface area contributed by atoms with E-state index < -0.39 is 0 Å². The Morgan fingerprint density at radius 3 is 1.90 bits per heavy atom. The molecule has 10 heavy (non-hydrogen) atoms. The summed E-state index contributed by atoms with van der Waals surface area (Å²) in [6.07, 6.45) is 0. The van der Waals surface area contributed by atoms with Crippen molar-refractivity contribution in [3.05, 3.63) is 0 Å². The third-order valence-electron chi connectivity index (χ3n) is 2.65. The molecule has 0 bridgehead atoms. The molecule has 1 heterocycles. The van der Waals surface area contributed by atoms with Crippen molar-refractivity contribution in [2.75, 3.05) is 19.0 Å². The van der Waals surface area contributed by atoms with E-state index in [1.807, 2.05) is 0 Å². The molecule has 0 saturated carbocycles. The second-order valence-corrected chi connectivity index (χ2v) is 4.50. The van der Waals surface area contributed by atoms with Crippen LogP contribution in [0.4, 0.5) is 0 Å². The van der Waals surface area contributed by atoms with Crippen molar-refractivity contribution in [1.82, 2.24) is 0 Å². The van der Waals surface area contributed by atoms with Crippen LogP contribution in [-0.4, -0.2) is 19.0 Å². The third kappa shape index (κ3) is 1.08. The van der Waals surface area contributed by atoms with Gasteiger partial charge in [0.25, 0.3) is 0 Å². The van der Waals surface area contributed by atoms with Gasteiger partial charge in [0.15, 0.2) is 0 Å². The molecule has 0 aliphatic carbocycles. The second kappa shape index (κ2) is 2.42. The quantitative estimate of drug-likeness (QED) is 0.577. The topological polar surface area (TPSA) is 9.23 Å². The molecule has 0 aromatic rings. The summed E-state index contributed by atoms with van der Waals surface area (Å²) in [6, 6.07) is 0. The highest BCUT2D eigenvalue weighted by molar-refractivity contribution is 7.80. The largest absolute Gasteiger partial charge is 0.380 e. The van der Waals surface area contributed by atoms with E-state index in [2.05, 4.69) is 33.4 Å². The van der Waals surface area contributed by atoms with Crippen molar-refractivity contribution in [2.45, 2.75) is 20.8 Å². The molecule has 0 aromatic heterocycles. The number of ether oxygens (including phenoxy) is 1. The Balaban J connectivity index is 2.65. The van der Waals surface area contributed by atoms with Crippen molar-refractivity contribution in [1.29, 1.82) is 0 Å². The fraction of sp³-hybridized carbons (Fsp3) is 1.00. The van der Waals surface area contributed by atoms with Crippen molar-refractivity contribution in [3.63, 3.8) is 0 Å². The van der Waals surface area contributed by atoms with Crippen molar-refractivity contribution < 1.29 is 4.74 Å². The summed E-state index contributed by atoms with van der Waals surface area (Å²) < 4.78 is 5.21. The van der Waals surface area contributed by atoms with Gasteiger partial charge in [0.2, 0.25) is 0 Å². The van der Waals surface area contributed by atoms with Crippen LogP contribution in [0.3, 0.4) is 0 Å². The van der Waals surface area contributed by atoms with Gasteiger partial charge in [-0.2, -0.15) is 12.6 Å². The average Bonchev–Trinajstić information content (AvgIpc) is 1.58. The summed E-state index contributed by atoms with van der Waals surface area (Å²) in [4.78, 5) is 0. The molecule has 60 valence electrons. The minimum atomic E-state index is 0.340. The Kier molecular flexibility index (Phi) is 2.03. The second-order valence-electron chi connectivity index (χ2n) is 4.18.